The third-order valence-corrected chi connectivity index (χ3v) is 5.52. The van der Waals surface area contributed by atoms with Crippen LogP contribution < -0.4 is 0 Å². The van der Waals surface area contributed by atoms with E-state index in [1.54, 1.807) is 0 Å². The van der Waals surface area contributed by atoms with Gasteiger partial charge in [0.25, 0.3) is 0 Å². The maximum Gasteiger partial charge on any atom is 0.0645 e. The van der Waals surface area contributed by atoms with Gasteiger partial charge in [0.2, 0.25) is 0 Å². The van der Waals surface area contributed by atoms with Crippen LogP contribution in [0.1, 0.15) is 55.3 Å². The van der Waals surface area contributed by atoms with Crippen molar-refractivity contribution in [3.63, 3.8) is 0 Å². The SMILES string of the molecule is BrC(CCC1CCCCC1)c1cnn(-c2ccccc2)c1. The highest BCUT2D eigenvalue weighted by molar-refractivity contribution is 9.09. The van der Waals surface area contributed by atoms with Crippen LogP contribution in [0.4, 0.5) is 0 Å². The molecule has 3 heteroatoms. The highest BCUT2D eigenvalue weighted by Gasteiger charge is 2.17. The van der Waals surface area contributed by atoms with Crippen LogP contribution in [0.25, 0.3) is 5.69 Å². The minimum Gasteiger partial charge on any atom is -0.241 e. The molecule has 0 amide bonds. The molecule has 21 heavy (non-hydrogen) atoms. The summed E-state index contributed by atoms with van der Waals surface area (Å²) in [6, 6.07) is 10.3. The third kappa shape index (κ3) is 3.97. The Kier molecular flexibility index (Phi) is 5.13. The van der Waals surface area contributed by atoms with Gasteiger partial charge in [-0.2, -0.15) is 5.10 Å². The van der Waals surface area contributed by atoms with E-state index in [1.807, 2.05) is 29.1 Å². The Morgan fingerprint density at radius 1 is 1.14 bits per heavy atom. The van der Waals surface area contributed by atoms with Gasteiger partial charge in [-0.3, -0.25) is 0 Å². The molecule has 1 aromatic carbocycles. The van der Waals surface area contributed by atoms with Gasteiger partial charge in [-0.1, -0.05) is 66.2 Å². The molecule has 1 atom stereocenters. The molecular formula is C18H23BrN2. The molecule has 1 aliphatic carbocycles. The Morgan fingerprint density at radius 3 is 2.67 bits per heavy atom. The quantitative estimate of drug-likeness (QED) is 0.637. The second-order valence-corrected chi connectivity index (χ2v) is 7.21. The van der Waals surface area contributed by atoms with Crippen LogP contribution in [-0.2, 0) is 0 Å². The Morgan fingerprint density at radius 2 is 1.90 bits per heavy atom. The first kappa shape index (κ1) is 14.8. The van der Waals surface area contributed by atoms with Gasteiger partial charge >= 0.3 is 0 Å². The van der Waals surface area contributed by atoms with E-state index in [4.69, 9.17) is 0 Å². The molecule has 0 saturated heterocycles. The van der Waals surface area contributed by atoms with E-state index in [0.29, 0.717) is 4.83 Å². The second kappa shape index (κ2) is 7.26. The summed E-state index contributed by atoms with van der Waals surface area (Å²) in [4.78, 5) is 0.428. The van der Waals surface area contributed by atoms with Crippen molar-refractivity contribution in [3.8, 4) is 5.69 Å². The number of hydrogen-bond donors (Lipinski definition) is 0. The number of nitrogens with zero attached hydrogens (tertiary/aromatic N) is 2. The first-order chi connectivity index (χ1) is 10.3. The van der Waals surface area contributed by atoms with Gasteiger partial charge in [-0.15, -0.1) is 0 Å². The zero-order valence-electron chi connectivity index (χ0n) is 12.4. The molecular weight excluding hydrogens is 324 g/mol. The van der Waals surface area contributed by atoms with Crippen molar-refractivity contribution in [2.24, 2.45) is 5.92 Å². The molecule has 0 aliphatic heterocycles. The van der Waals surface area contributed by atoms with Gasteiger partial charge < -0.3 is 0 Å². The van der Waals surface area contributed by atoms with E-state index in [0.717, 1.165) is 11.6 Å². The van der Waals surface area contributed by atoms with Crippen LogP contribution >= 0.6 is 15.9 Å². The van der Waals surface area contributed by atoms with Crippen molar-refractivity contribution in [2.75, 3.05) is 0 Å². The number of aromatic nitrogens is 2. The van der Waals surface area contributed by atoms with E-state index >= 15 is 0 Å². The molecule has 1 unspecified atom stereocenters. The monoisotopic (exact) mass is 346 g/mol. The lowest BCUT2D eigenvalue weighted by atomic mass is 9.85. The highest BCUT2D eigenvalue weighted by atomic mass is 79.9. The number of rotatable bonds is 5. The van der Waals surface area contributed by atoms with Gasteiger partial charge in [0.05, 0.1) is 11.9 Å². The molecule has 1 fully saturated rings. The summed E-state index contributed by atoms with van der Waals surface area (Å²) in [5.74, 6) is 0.947. The molecule has 2 aromatic rings. The number of hydrogen-bond acceptors (Lipinski definition) is 1. The Balaban J connectivity index is 1.57. The molecule has 0 N–H and O–H groups in total. The highest BCUT2D eigenvalue weighted by Crippen LogP contribution is 2.34. The van der Waals surface area contributed by atoms with Crippen molar-refractivity contribution in [3.05, 3.63) is 48.3 Å². The molecule has 0 bridgehead atoms. The fourth-order valence-electron chi connectivity index (χ4n) is 3.24. The Bertz CT molecular complexity index is 543. The van der Waals surface area contributed by atoms with Crippen LogP contribution in [-0.4, -0.2) is 9.78 Å². The van der Waals surface area contributed by atoms with Gasteiger partial charge in [0.1, 0.15) is 0 Å². The standard InChI is InChI=1S/C18H23BrN2/c19-18(12-11-15-7-3-1-4-8-15)16-13-20-21(14-16)17-9-5-2-6-10-17/h2,5-6,9-10,13-15,18H,1,3-4,7-8,11-12H2. The molecule has 1 saturated carbocycles. The summed E-state index contributed by atoms with van der Waals surface area (Å²) in [6.07, 6.45) is 13.9. The van der Waals surface area contributed by atoms with Gasteiger partial charge in [-0.05, 0) is 30.9 Å². The maximum atomic E-state index is 4.49. The minimum absolute atomic E-state index is 0.428. The van der Waals surface area contributed by atoms with Crippen LogP contribution in [0, 0.1) is 5.92 Å². The van der Waals surface area contributed by atoms with Crippen molar-refractivity contribution in [1.29, 1.82) is 0 Å². The Labute approximate surface area is 135 Å². The molecule has 1 heterocycles. The molecule has 1 aliphatic rings. The topological polar surface area (TPSA) is 17.8 Å². The number of benzene rings is 1. The fraction of sp³-hybridized carbons (Fsp3) is 0.500. The van der Waals surface area contributed by atoms with E-state index in [9.17, 15) is 0 Å². The van der Waals surface area contributed by atoms with E-state index in [1.165, 1.54) is 50.5 Å². The molecule has 0 radical (unpaired) electrons. The van der Waals surface area contributed by atoms with Gasteiger partial charge in [-0.25, -0.2) is 4.68 Å². The van der Waals surface area contributed by atoms with Crippen LogP contribution in [0.3, 0.4) is 0 Å². The lowest BCUT2D eigenvalue weighted by molar-refractivity contribution is 0.332. The van der Waals surface area contributed by atoms with Crippen LogP contribution in [0.15, 0.2) is 42.7 Å². The summed E-state index contributed by atoms with van der Waals surface area (Å²) in [7, 11) is 0. The molecule has 1 aromatic heterocycles. The zero-order valence-corrected chi connectivity index (χ0v) is 14.0. The summed E-state index contributed by atoms with van der Waals surface area (Å²) >= 11 is 3.85. The minimum atomic E-state index is 0.428. The third-order valence-electron chi connectivity index (χ3n) is 4.54. The molecule has 3 rings (SSSR count). The molecule has 2 nitrogen and oxygen atoms in total. The first-order valence-electron chi connectivity index (χ1n) is 8.07. The summed E-state index contributed by atoms with van der Waals surface area (Å²) in [5.41, 5.74) is 2.41. The number of alkyl halides is 1. The maximum absolute atomic E-state index is 4.49. The predicted molar refractivity (Wildman–Crippen MR) is 91.0 cm³/mol. The van der Waals surface area contributed by atoms with Crippen LogP contribution in [0.2, 0.25) is 0 Å². The first-order valence-corrected chi connectivity index (χ1v) is 8.98. The van der Waals surface area contributed by atoms with Gasteiger partial charge in [0.15, 0.2) is 0 Å². The second-order valence-electron chi connectivity index (χ2n) is 6.10. The lowest BCUT2D eigenvalue weighted by Gasteiger charge is -2.22. The smallest absolute Gasteiger partial charge is 0.0645 e. The normalized spacial score (nSPS) is 17.8. The largest absolute Gasteiger partial charge is 0.241 e. The van der Waals surface area contributed by atoms with E-state index in [2.05, 4.69) is 39.4 Å². The van der Waals surface area contributed by atoms with E-state index < -0.39 is 0 Å². The van der Waals surface area contributed by atoms with Crippen LogP contribution in [0.5, 0.6) is 0 Å². The summed E-state index contributed by atoms with van der Waals surface area (Å²) in [5, 5.41) is 4.49. The number of para-hydroxylation sites is 1. The zero-order chi connectivity index (χ0) is 14.5. The van der Waals surface area contributed by atoms with Gasteiger partial charge in [0, 0.05) is 16.6 Å². The summed E-state index contributed by atoms with van der Waals surface area (Å²) in [6.45, 7) is 0. The lowest BCUT2D eigenvalue weighted by Crippen LogP contribution is -2.06. The average Bonchev–Trinajstić information content (AvgIpc) is 3.04. The predicted octanol–water partition coefficient (Wildman–Crippen LogP) is 5.67. The molecule has 0 spiro atoms. The van der Waals surface area contributed by atoms with E-state index in [-0.39, 0.29) is 0 Å². The van der Waals surface area contributed by atoms with Crippen molar-refractivity contribution in [2.45, 2.75) is 49.8 Å². The fourth-order valence-corrected chi connectivity index (χ4v) is 3.75. The van der Waals surface area contributed by atoms with Crippen molar-refractivity contribution >= 4 is 15.9 Å². The average molecular weight is 347 g/mol. The van der Waals surface area contributed by atoms with Crippen molar-refractivity contribution < 1.29 is 0 Å². The van der Waals surface area contributed by atoms with Crippen molar-refractivity contribution in [1.82, 2.24) is 9.78 Å². The summed E-state index contributed by atoms with van der Waals surface area (Å²) < 4.78 is 1.96. The Hall–Kier alpha value is -1.09. The molecule has 112 valence electrons. The number of halogens is 1.